The highest BCUT2D eigenvalue weighted by atomic mass is 15.1. The van der Waals surface area contributed by atoms with Crippen LogP contribution in [0.1, 0.15) is 93.5 Å². The van der Waals surface area contributed by atoms with Gasteiger partial charge in [-0.05, 0) is 127 Å². The first kappa shape index (κ1) is 37.6. The Morgan fingerprint density at radius 3 is 1.56 bits per heavy atom. The first-order chi connectivity index (χ1) is 29.8. The Morgan fingerprint density at radius 1 is 0.377 bits per heavy atom. The smallest absolute Gasteiger partial charge is 0.0540 e. The van der Waals surface area contributed by atoms with Gasteiger partial charge < -0.3 is 4.90 Å². The zero-order valence-electron chi connectivity index (χ0n) is 35.9. The average Bonchev–Trinajstić information content (AvgIpc) is 3.69. The topological polar surface area (TPSA) is 3.24 Å². The van der Waals surface area contributed by atoms with Crippen LogP contribution in [-0.2, 0) is 10.8 Å². The van der Waals surface area contributed by atoms with Gasteiger partial charge in [-0.15, -0.1) is 0 Å². The second-order valence-electron chi connectivity index (χ2n) is 18.7. The van der Waals surface area contributed by atoms with Crippen LogP contribution < -0.4 is 4.90 Å². The minimum absolute atomic E-state index is 0.0528. The predicted molar refractivity (Wildman–Crippen MR) is 258 cm³/mol. The second-order valence-corrected chi connectivity index (χ2v) is 18.7. The molecule has 0 radical (unpaired) electrons. The third-order valence-electron chi connectivity index (χ3n) is 14.5. The van der Waals surface area contributed by atoms with Crippen molar-refractivity contribution in [2.75, 3.05) is 4.90 Å². The van der Waals surface area contributed by atoms with Crippen LogP contribution in [0.3, 0.4) is 0 Å². The molecule has 0 atom stereocenters. The van der Waals surface area contributed by atoms with E-state index in [0.717, 1.165) is 17.1 Å². The number of nitrogens with zero attached hydrogens (tertiary/aromatic N) is 1. The molecule has 0 heterocycles. The van der Waals surface area contributed by atoms with Crippen molar-refractivity contribution in [3.05, 3.63) is 210 Å². The SMILES string of the molecule is CC1(C)c2ccccc2-c2c(-c3cccc4c3-c3ccc(N(c5ccc(-c6ccc(C7CCCCC7)cc6)cc5)c5ccccc5-c5ccccc5)cc3C4(C)C)cccc21. The van der Waals surface area contributed by atoms with E-state index in [1.165, 1.54) is 116 Å². The van der Waals surface area contributed by atoms with Crippen molar-refractivity contribution in [1.29, 1.82) is 0 Å². The van der Waals surface area contributed by atoms with E-state index < -0.39 is 0 Å². The van der Waals surface area contributed by atoms with E-state index in [9.17, 15) is 0 Å². The summed E-state index contributed by atoms with van der Waals surface area (Å²) in [7, 11) is 0. The number of benzene rings is 8. The van der Waals surface area contributed by atoms with Gasteiger partial charge in [-0.1, -0.05) is 199 Å². The molecule has 0 spiro atoms. The molecule has 8 aromatic rings. The molecule has 0 unspecified atom stereocenters. The van der Waals surface area contributed by atoms with Crippen molar-refractivity contribution in [3.63, 3.8) is 0 Å². The van der Waals surface area contributed by atoms with Gasteiger partial charge in [-0.2, -0.15) is 0 Å². The summed E-state index contributed by atoms with van der Waals surface area (Å²) in [5.74, 6) is 0.712. The average molecular weight is 788 g/mol. The summed E-state index contributed by atoms with van der Waals surface area (Å²) in [5, 5.41) is 0. The maximum atomic E-state index is 2.48. The van der Waals surface area contributed by atoms with Crippen LogP contribution in [0.15, 0.2) is 182 Å². The molecule has 61 heavy (non-hydrogen) atoms. The first-order valence-electron chi connectivity index (χ1n) is 22.5. The third-order valence-corrected chi connectivity index (χ3v) is 14.5. The fraction of sp³-hybridized carbons (Fsp3) is 0.200. The van der Waals surface area contributed by atoms with Gasteiger partial charge in [-0.3, -0.25) is 0 Å². The lowest BCUT2D eigenvalue weighted by Crippen LogP contribution is -2.17. The van der Waals surface area contributed by atoms with Crippen molar-refractivity contribution < 1.29 is 0 Å². The summed E-state index contributed by atoms with van der Waals surface area (Å²) in [6.07, 6.45) is 6.75. The lowest BCUT2D eigenvalue weighted by molar-refractivity contribution is 0.443. The lowest BCUT2D eigenvalue weighted by Gasteiger charge is -2.30. The quantitative estimate of drug-likeness (QED) is 0.155. The Kier molecular flexibility index (Phi) is 9.01. The highest BCUT2D eigenvalue weighted by Gasteiger charge is 2.40. The molecule has 11 rings (SSSR count). The van der Waals surface area contributed by atoms with Gasteiger partial charge in [-0.25, -0.2) is 0 Å². The number of hydrogen-bond donors (Lipinski definition) is 0. The molecule has 3 aliphatic rings. The van der Waals surface area contributed by atoms with Gasteiger partial charge >= 0.3 is 0 Å². The molecule has 1 saturated carbocycles. The van der Waals surface area contributed by atoms with Gasteiger partial charge in [0.2, 0.25) is 0 Å². The number of fused-ring (bicyclic) bond motifs is 6. The number of rotatable bonds is 7. The summed E-state index contributed by atoms with van der Waals surface area (Å²) in [4.78, 5) is 2.47. The fourth-order valence-corrected chi connectivity index (χ4v) is 11.3. The number of anilines is 3. The maximum Gasteiger partial charge on any atom is 0.0540 e. The molecule has 0 N–H and O–H groups in total. The highest BCUT2D eigenvalue weighted by Crippen LogP contribution is 2.57. The molecule has 0 bridgehead atoms. The largest absolute Gasteiger partial charge is 0.310 e. The second kappa shape index (κ2) is 14.6. The lowest BCUT2D eigenvalue weighted by atomic mass is 9.80. The van der Waals surface area contributed by atoms with Gasteiger partial charge in [0.25, 0.3) is 0 Å². The zero-order chi connectivity index (χ0) is 41.3. The van der Waals surface area contributed by atoms with Gasteiger partial charge in [0.1, 0.15) is 0 Å². The van der Waals surface area contributed by atoms with Crippen molar-refractivity contribution in [3.8, 4) is 55.6 Å². The minimum Gasteiger partial charge on any atom is -0.310 e. The van der Waals surface area contributed by atoms with E-state index in [-0.39, 0.29) is 10.8 Å². The maximum absolute atomic E-state index is 2.48. The van der Waals surface area contributed by atoms with Gasteiger partial charge in [0.15, 0.2) is 0 Å². The van der Waals surface area contributed by atoms with Crippen LogP contribution >= 0.6 is 0 Å². The summed E-state index contributed by atoms with van der Waals surface area (Å²) < 4.78 is 0. The van der Waals surface area contributed by atoms with E-state index in [1.807, 2.05) is 0 Å². The zero-order valence-corrected chi connectivity index (χ0v) is 35.9. The van der Waals surface area contributed by atoms with E-state index in [0.29, 0.717) is 5.92 Å². The molecule has 1 nitrogen and oxygen atoms in total. The van der Waals surface area contributed by atoms with E-state index in [1.54, 1.807) is 0 Å². The molecule has 0 aliphatic heterocycles. The molecular weight excluding hydrogens is 735 g/mol. The first-order valence-corrected chi connectivity index (χ1v) is 22.5. The standard InChI is InChI=1S/C60H53N/c1-59(2)52-25-13-11-22-50(52)57-48(23-15-26-53(57)59)49-24-16-27-54-58(49)51-38-37-46(39-55(51)60(54,3)4)61(56-28-14-12-21-47(56)44-19-9-6-10-20-44)45-35-33-43(34-36-45)42-31-29-41(30-32-42)40-17-7-5-8-18-40/h6,9-16,19-40H,5,7-8,17-18H2,1-4H3. The molecule has 0 aromatic heterocycles. The molecule has 298 valence electrons. The minimum atomic E-state index is -0.204. The summed E-state index contributed by atoms with van der Waals surface area (Å²) in [6, 6.07) is 68.6. The number of para-hydroxylation sites is 1. The fourth-order valence-electron chi connectivity index (χ4n) is 11.3. The van der Waals surface area contributed by atoms with Crippen LogP contribution in [0.25, 0.3) is 55.6 Å². The molecule has 0 amide bonds. The van der Waals surface area contributed by atoms with Crippen LogP contribution in [0.2, 0.25) is 0 Å². The molecule has 1 heteroatoms. The molecule has 3 aliphatic carbocycles. The highest BCUT2D eigenvalue weighted by molar-refractivity contribution is 6.01. The van der Waals surface area contributed by atoms with Crippen molar-refractivity contribution >= 4 is 17.1 Å². The van der Waals surface area contributed by atoms with E-state index in [4.69, 9.17) is 0 Å². The van der Waals surface area contributed by atoms with Crippen LogP contribution in [0, 0.1) is 0 Å². The molecule has 1 fully saturated rings. The summed E-state index contributed by atoms with van der Waals surface area (Å²) in [6.45, 7) is 9.58. The molecule has 0 saturated heterocycles. The molecule has 8 aromatic carbocycles. The van der Waals surface area contributed by atoms with E-state index in [2.05, 4.69) is 215 Å². The Balaban J connectivity index is 1.03. The Labute approximate surface area is 362 Å². The van der Waals surface area contributed by atoms with Gasteiger partial charge in [0.05, 0.1) is 5.69 Å². The van der Waals surface area contributed by atoms with E-state index >= 15 is 0 Å². The Morgan fingerprint density at radius 2 is 0.885 bits per heavy atom. The summed E-state index contributed by atoms with van der Waals surface area (Å²) >= 11 is 0. The van der Waals surface area contributed by atoms with Crippen molar-refractivity contribution in [2.24, 2.45) is 0 Å². The monoisotopic (exact) mass is 787 g/mol. The van der Waals surface area contributed by atoms with Crippen molar-refractivity contribution in [1.82, 2.24) is 0 Å². The van der Waals surface area contributed by atoms with Crippen LogP contribution in [0.4, 0.5) is 17.1 Å². The van der Waals surface area contributed by atoms with Gasteiger partial charge in [0, 0.05) is 27.8 Å². The Bertz CT molecular complexity index is 2920. The number of hydrogen-bond acceptors (Lipinski definition) is 1. The predicted octanol–water partition coefficient (Wildman–Crippen LogP) is 16.8. The van der Waals surface area contributed by atoms with Crippen LogP contribution in [-0.4, -0.2) is 0 Å². The Hall–Kier alpha value is -6.44. The third kappa shape index (κ3) is 6.12. The summed E-state index contributed by atoms with van der Waals surface area (Å²) in [5.41, 5.74) is 23.2. The normalized spacial score (nSPS) is 15.7. The van der Waals surface area contributed by atoms with Crippen LogP contribution in [0.5, 0.6) is 0 Å². The van der Waals surface area contributed by atoms with Crippen molar-refractivity contribution in [2.45, 2.75) is 76.5 Å². The molecular formula is C60H53N.